The lowest BCUT2D eigenvalue weighted by Gasteiger charge is -2.24. The van der Waals surface area contributed by atoms with Crippen molar-refractivity contribution < 1.29 is 51.6 Å². The van der Waals surface area contributed by atoms with E-state index >= 15 is 0 Å². The molecule has 0 saturated heterocycles. The maximum Gasteiger partial charge on any atom is 0.408 e. The van der Waals surface area contributed by atoms with E-state index in [-0.39, 0.29) is 34.4 Å². The van der Waals surface area contributed by atoms with Crippen molar-refractivity contribution in [1.29, 1.82) is 0 Å². The first-order valence-corrected chi connectivity index (χ1v) is 13.9. The molecule has 2 aliphatic rings. The fraction of sp³-hybridized carbons (Fsp3) is 0.467. The highest BCUT2D eigenvalue weighted by Gasteiger charge is 2.40. The minimum atomic E-state index is -3.06. The number of alkyl halides is 2. The SMILES string of the molecule is COC(=O)c1ccc(OC(=O)C2=C([C@H](C)NC(=O)OC(C)(C)C)O[C@@H](c3ccc(OC(F)F)c(OCC4CC4)c3)N2C)nc1. The molecule has 2 heterocycles. The van der Waals surface area contributed by atoms with E-state index in [1.807, 2.05) is 0 Å². The molecule has 1 aromatic carbocycles. The molecule has 1 aliphatic carbocycles. The van der Waals surface area contributed by atoms with Crippen molar-refractivity contribution in [2.24, 2.45) is 5.92 Å². The molecule has 1 N–H and O–H groups in total. The Morgan fingerprint density at radius 1 is 1.11 bits per heavy atom. The third-order valence-corrected chi connectivity index (χ3v) is 6.49. The van der Waals surface area contributed by atoms with Gasteiger partial charge in [0.2, 0.25) is 5.88 Å². The lowest BCUT2D eigenvalue weighted by molar-refractivity contribution is -0.132. The molecule has 0 spiro atoms. The van der Waals surface area contributed by atoms with Crippen molar-refractivity contribution in [3.05, 3.63) is 59.1 Å². The van der Waals surface area contributed by atoms with Gasteiger partial charge in [-0.1, -0.05) is 0 Å². The number of halogens is 2. The first-order chi connectivity index (χ1) is 20.8. The summed E-state index contributed by atoms with van der Waals surface area (Å²) in [6.07, 6.45) is 1.47. The van der Waals surface area contributed by atoms with E-state index in [1.165, 1.54) is 48.5 Å². The number of nitrogens with zero attached hydrogens (tertiary/aromatic N) is 2. The molecule has 1 saturated carbocycles. The molecule has 12 nitrogen and oxygen atoms in total. The number of benzene rings is 1. The van der Waals surface area contributed by atoms with Gasteiger partial charge in [-0.15, -0.1) is 0 Å². The van der Waals surface area contributed by atoms with Gasteiger partial charge in [-0.2, -0.15) is 8.78 Å². The second-order valence-electron chi connectivity index (χ2n) is 11.3. The number of amides is 1. The standard InChI is InChI=1S/C30H35F2N3O9/c1-16(34-29(38)44-30(2,3)4)24-23(27(37)42-22-12-10-19(14-33-22)26(36)39-6)35(5)25(43-24)18-9-11-20(41-28(31)32)21(13-18)40-15-17-7-8-17/h9-14,16-17,25,28H,7-8,15H2,1-6H3,(H,34,38)/t16-,25-/m0/s1. The van der Waals surface area contributed by atoms with Crippen LogP contribution in [0.3, 0.4) is 0 Å². The summed E-state index contributed by atoms with van der Waals surface area (Å²) < 4.78 is 58.3. The minimum absolute atomic E-state index is 0.0490. The Morgan fingerprint density at radius 3 is 2.43 bits per heavy atom. The largest absolute Gasteiger partial charge is 0.489 e. The minimum Gasteiger partial charge on any atom is -0.489 e. The lowest BCUT2D eigenvalue weighted by Crippen LogP contribution is -2.39. The fourth-order valence-electron chi connectivity index (χ4n) is 4.24. The van der Waals surface area contributed by atoms with E-state index in [4.69, 9.17) is 18.9 Å². The Morgan fingerprint density at radius 2 is 1.84 bits per heavy atom. The Bertz CT molecular complexity index is 1410. The van der Waals surface area contributed by atoms with E-state index < -0.39 is 42.5 Å². The number of hydrogen-bond donors (Lipinski definition) is 1. The number of ether oxygens (including phenoxy) is 6. The third kappa shape index (κ3) is 8.26. The van der Waals surface area contributed by atoms with Gasteiger partial charge in [-0.3, -0.25) is 0 Å². The Balaban J connectivity index is 1.63. The molecule has 238 valence electrons. The summed E-state index contributed by atoms with van der Waals surface area (Å²) in [6, 6.07) is 6.19. The van der Waals surface area contributed by atoms with E-state index in [0.29, 0.717) is 18.1 Å². The number of aromatic nitrogens is 1. The Labute approximate surface area is 253 Å². The van der Waals surface area contributed by atoms with Gasteiger partial charge >= 0.3 is 24.6 Å². The van der Waals surface area contributed by atoms with Crippen LogP contribution in [0.2, 0.25) is 0 Å². The second-order valence-corrected chi connectivity index (χ2v) is 11.3. The molecule has 1 fully saturated rings. The number of rotatable bonds is 11. The molecule has 14 heteroatoms. The van der Waals surface area contributed by atoms with Gasteiger partial charge in [0, 0.05) is 24.9 Å². The molecule has 2 aromatic rings. The first-order valence-electron chi connectivity index (χ1n) is 13.9. The summed E-state index contributed by atoms with van der Waals surface area (Å²) in [7, 11) is 2.79. The highest BCUT2D eigenvalue weighted by Crippen LogP contribution is 2.41. The van der Waals surface area contributed by atoms with E-state index in [1.54, 1.807) is 34.7 Å². The zero-order chi connectivity index (χ0) is 32.2. The predicted molar refractivity (Wildman–Crippen MR) is 150 cm³/mol. The van der Waals surface area contributed by atoms with Gasteiger partial charge < -0.3 is 38.6 Å². The molecule has 1 amide bonds. The highest BCUT2D eigenvalue weighted by atomic mass is 19.3. The first kappa shape index (κ1) is 32.3. The molecular formula is C30H35F2N3O9. The quantitative estimate of drug-likeness (QED) is 0.343. The van der Waals surface area contributed by atoms with Gasteiger partial charge in [0.25, 0.3) is 0 Å². The van der Waals surface area contributed by atoms with Crippen molar-refractivity contribution in [2.75, 3.05) is 20.8 Å². The average molecular weight is 620 g/mol. The van der Waals surface area contributed by atoms with Crippen LogP contribution in [0.4, 0.5) is 13.6 Å². The highest BCUT2D eigenvalue weighted by molar-refractivity contribution is 5.91. The van der Waals surface area contributed by atoms with Crippen molar-refractivity contribution in [3.8, 4) is 17.4 Å². The van der Waals surface area contributed by atoms with Crippen LogP contribution in [0.15, 0.2) is 48.0 Å². The van der Waals surface area contributed by atoms with E-state index in [0.717, 1.165) is 12.8 Å². The normalized spacial score (nSPS) is 17.1. The number of likely N-dealkylation sites (N-methyl/N-ethyl adjacent to an activating group) is 1. The van der Waals surface area contributed by atoms with Gasteiger partial charge in [-0.25, -0.2) is 19.4 Å². The second kappa shape index (κ2) is 13.3. The van der Waals surface area contributed by atoms with Crippen LogP contribution >= 0.6 is 0 Å². The monoisotopic (exact) mass is 619 g/mol. The van der Waals surface area contributed by atoms with Crippen molar-refractivity contribution in [3.63, 3.8) is 0 Å². The molecule has 0 unspecified atom stereocenters. The number of carbonyl (C=O) groups is 3. The molecule has 4 rings (SSSR count). The maximum absolute atomic E-state index is 13.5. The summed E-state index contributed by atoms with van der Waals surface area (Å²) in [4.78, 5) is 43.3. The topological polar surface area (TPSA) is 135 Å². The maximum atomic E-state index is 13.5. The Kier molecular flexibility index (Phi) is 9.80. The van der Waals surface area contributed by atoms with Crippen LogP contribution < -0.4 is 19.5 Å². The Hall–Kier alpha value is -4.62. The number of pyridine rings is 1. The lowest BCUT2D eigenvalue weighted by atomic mass is 10.1. The summed E-state index contributed by atoms with van der Waals surface area (Å²) >= 11 is 0. The number of esters is 2. The van der Waals surface area contributed by atoms with E-state index in [2.05, 4.69) is 19.8 Å². The smallest absolute Gasteiger partial charge is 0.408 e. The number of alkyl carbamates (subject to hydrolysis) is 1. The number of carbonyl (C=O) groups excluding carboxylic acids is 3. The zero-order valence-electron chi connectivity index (χ0n) is 25.2. The van der Waals surface area contributed by atoms with Gasteiger partial charge in [0.05, 0.1) is 25.3 Å². The van der Waals surface area contributed by atoms with Crippen molar-refractivity contribution >= 4 is 18.0 Å². The number of hydrogen-bond acceptors (Lipinski definition) is 11. The summed E-state index contributed by atoms with van der Waals surface area (Å²) in [5.41, 5.74) is -0.227. The average Bonchev–Trinajstić information content (AvgIpc) is 3.71. The third-order valence-electron chi connectivity index (χ3n) is 6.49. The van der Waals surface area contributed by atoms with Crippen LogP contribution in [0, 0.1) is 5.92 Å². The van der Waals surface area contributed by atoms with Crippen LogP contribution in [0.25, 0.3) is 0 Å². The molecule has 0 radical (unpaired) electrons. The molecule has 44 heavy (non-hydrogen) atoms. The molecule has 1 aliphatic heterocycles. The zero-order valence-corrected chi connectivity index (χ0v) is 25.2. The van der Waals surface area contributed by atoms with Crippen LogP contribution in [0.1, 0.15) is 62.7 Å². The summed E-state index contributed by atoms with van der Waals surface area (Å²) in [5.74, 6) is -1.24. The number of nitrogens with one attached hydrogen (secondary N) is 1. The van der Waals surface area contributed by atoms with Crippen molar-refractivity contribution in [2.45, 2.75) is 65.0 Å². The molecule has 0 bridgehead atoms. The molecular weight excluding hydrogens is 584 g/mol. The summed E-state index contributed by atoms with van der Waals surface area (Å²) in [6.45, 7) is 3.99. The van der Waals surface area contributed by atoms with Gasteiger partial charge in [0.15, 0.2) is 29.2 Å². The fourth-order valence-corrected chi connectivity index (χ4v) is 4.24. The van der Waals surface area contributed by atoms with Gasteiger partial charge in [0.1, 0.15) is 5.60 Å². The van der Waals surface area contributed by atoms with Crippen molar-refractivity contribution in [1.82, 2.24) is 15.2 Å². The molecule has 2 atom stereocenters. The van der Waals surface area contributed by atoms with E-state index in [9.17, 15) is 23.2 Å². The van der Waals surface area contributed by atoms with Gasteiger partial charge in [-0.05, 0) is 70.7 Å². The van der Waals surface area contributed by atoms with Crippen LogP contribution in [-0.4, -0.2) is 66.9 Å². The summed E-state index contributed by atoms with van der Waals surface area (Å²) in [5, 5.41) is 2.65. The number of methoxy groups -OCH3 is 1. The van der Waals surface area contributed by atoms with Crippen LogP contribution in [0.5, 0.6) is 17.4 Å². The van der Waals surface area contributed by atoms with Crippen LogP contribution in [-0.2, 0) is 19.0 Å². The molecule has 1 aromatic heterocycles. The predicted octanol–water partition coefficient (Wildman–Crippen LogP) is 4.95.